The van der Waals surface area contributed by atoms with Crippen LogP contribution in [0, 0.1) is 19.8 Å². The fourth-order valence-corrected chi connectivity index (χ4v) is 3.65. The number of nitrogens with one attached hydrogen (secondary N) is 1. The van der Waals surface area contributed by atoms with Gasteiger partial charge in [-0.05, 0) is 63.1 Å². The van der Waals surface area contributed by atoms with E-state index in [2.05, 4.69) is 56.1 Å². The molecule has 20 heavy (non-hydrogen) atoms. The highest BCUT2D eigenvalue weighted by molar-refractivity contribution is 5.33. The van der Waals surface area contributed by atoms with E-state index in [1.54, 1.807) is 0 Å². The number of hydrogen-bond donors (Lipinski definition) is 1. The molecule has 1 heterocycles. The lowest BCUT2D eigenvalue weighted by Gasteiger charge is -2.46. The van der Waals surface area contributed by atoms with Crippen molar-refractivity contribution in [2.24, 2.45) is 5.92 Å². The molecule has 2 atom stereocenters. The first-order valence-corrected chi connectivity index (χ1v) is 8.04. The Morgan fingerprint density at radius 3 is 2.50 bits per heavy atom. The Morgan fingerprint density at radius 2 is 1.90 bits per heavy atom. The molecule has 3 rings (SSSR count). The fraction of sp³-hybridized carbons (Fsp3) is 0.667. The maximum absolute atomic E-state index is 3.81. The van der Waals surface area contributed by atoms with Gasteiger partial charge in [0, 0.05) is 31.2 Å². The van der Waals surface area contributed by atoms with E-state index in [-0.39, 0.29) is 0 Å². The summed E-state index contributed by atoms with van der Waals surface area (Å²) < 4.78 is 0. The Morgan fingerprint density at radius 1 is 1.25 bits per heavy atom. The van der Waals surface area contributed by atoms with Crippen molar-refractivity contribution in [1.82, 2.24) is 10.2 Å². The molecule has 1 N–H and O–H groups in total. The predicted octanol–water partition coefficient (Wildman–Crippen LogP) is 3.27. The molecule has 1 aliphatic heterocycles. The van der Waals surface area contributed by atoms with Crippen LogP contribution in [0.5, 0.6) is 0 Å². The minimum Gasteiger partial charge on any atom is -0.308 e. The van der Waals surface area contributed by atoms with Crippen LogP contribution in [0.3, 0.4) is 0 Å². The van der Waals surface area contributed by atoms with Crippen LogP contribution in [0.25, 0.3) is 0 Å². The van der Waals surface area contributed by atoms with Crippen LogP contribution in [0.15, 0.2) is 18.2 Å². The van der Waals surface area contributed by atoms with E-state index in [4.69, 9.17) is 0 Å². The highest BCUT2D eigenvalue weighted by Crippen LogP contribution is 2.41. The molecule has 2 heteroatoms. The average molecular weight is 272 g/mol. The van der Waals surface area contributed by atoms with Crippen LogP contribution in [-0.4, -0.2) is 29.6 Å². The zero-order valence-corrected chi connectivity index (χ0v) is 13.4. The zero-order chi connectivity index (χ0) is 14.3. The van der Waals surface area contributed by atoms with Gasteiger partial charge in [0.05, 0.1) is 0 Å². The summed E-state index contributed by atoms with van der Waals surface area (Å²) in [6.07, 6.45) is 2.82. The molecule has 1 aliphatic carbocycles. The molecule has 110 valence electrons. The first-order valence-electron chi connectivity index (χ1n) is 8.04. The summed E-state index contributed by atoms with van der Waals surface area (Å²) in [6, 6.07) is 7.29. The molecule has 0 spiro atoms. The van der Waals surface area contributed by atoms with Crippen molar-refractivity contribution < 1.29 is 0 Å². The van der Waals surface area contributed by atoms with Gasteiger partial charge in [-0.3, -0.25) is 4.90 Å². The van der Waals surface area contributed by atoms with Crippen molar-refractivity contribution in [2.45, 2.75) is 58.7 Å². The number of hydrogen-bond acceptors (Lipinski definition) is 2. The van der Waals surface area contributed by atoms with E-state index in [9.17, 15) is 0 Å². The molecule has 1 saturated heterocycles. The van der Waals surface area contributed by atoms with Crippen molar-refractivity contribution in [3.05, 3.63) is 34.9 Å². The smallest absolute Gasteiger partial charge is 0.0309 e. The van der Waals surface area contributed by atoms with Gasteiger partial charge in [-0.25, -0.2) is 0 Å². The van der Waals surface area contributed by atoms with Gasteiger partial charge < -0.3 is 5.32 Å². The fourth-order valence-electron chi connectivity index (χ4n) is 3.65. The molecule has 0 aromatic heterocycles. The normalized spacial score (nSPS) is 31.5. The average Bonchev–Trinajstić information content (AvgIpc) is 3.23. The van der Waals surface area contributed by atoms with Gasteiger partial charge in [0.15, 0.2) is 0 Å². The van der Waals surface area contributed by atoms with E-state index < -0.39 is 0 Å². The molecule has 0 radical (unpaired) electrons. The van der Waals surface area contributed by atoms with Crippen molar-refractivity contribution in [1.29, 1.82) is 0 Å². The van der Waals surface area contributed by atoms with Crippen LogP contribution in [0.4, 0.5) is 0 Å². The largest absolute Gasteiger partial charge is 0.308 e. The van der Waals surface area contributed by atoms with Crippen LogP contribution in [0.1, 0.15) is 43.4 Å². The summed E-state index contributed by atoms with van der Waals surface area (Å²) >= 11 is 0. The second-order valence-electron chi connectivity index (χ2n) is 7.20. The number of rotatable bonds is 3. The third-order valence-corrected chi connectivity index (χ3v) is 5.44. The molecule has 0 amide bonds. The van der Waals surface area contributed by atoms with E-state index in [1.807, 2.05) is 0 Å². The number of piperazine rings is 1. The zero-order valence-electron chi connectivity index (χ0n) is 13.4. The second kappa shape index (κ2) is 5.16. The standard InChI is InChI=1S/C18H28N2/c1-13-6-5-7-14(2)17(13)11-20-12-18(4,16-8-9-16)19-10-15(20)3/h5-7,15-16,19H,8-12H2,1-4H3. The molecule has 0 bridgehead atoms. The van der Waals surface area contributed by atoms with Crippen molar-refractivity contribution in [3.8, 4) is 0 Å². The summed E-state index contributed by atoms with van der Waals surface area (Å²) in [6.45, 7) is 12.7. The van der Waals surface area contributed by atoms with Crippen molar-refractivity contribution in [2.75, 3.05) is 13.1 Å². The van der Waals surface area contributed by atoms with E-state index in [0.29, 0.717) is 11.6 Å². The lowest BCUT2D eigenvalue weighted by atomic mass is 9.90. The Balaban J connectivity index is 1.78. The summed E-state index contributed by atoms with van der Waals surface area (Å²) in [7, 11) is 0. The molecule has 1 aromatic carbocycles. The van der Waals surface area contributed by atoms with Gasteiger partial charge in [-0.2, -0.15) is 0 Å². The van der Waals surface area contributed by atoms with Gasteiger partial charge >= 0.3 is 0 Å². The summed E-state index contributed by atoms with van der Waals surface area (Å²) in [5.41, 5.74) is 4.73. The number of nitrogens with zero attached hydrogens (tertiary/aromatic N) is 1. The highest BCUT2D eigenvalue weighted by Gasteiger charge is 2.45. The van der Waals surface area contributed by atoms with E-state index in [0.717, 1.165) is 19.0 Å². The van der Waals surface area contributed by atoms with Gasteiger partial charge in [0.1, 0.15) is 0 Å². The molecule has 2 aliphatic rings. The maximum Gasteiger partial charge on any atom is 0.0309 e. The maximum atomic E-state index is 3.81. The Bertz CT molecular complexity index is 472. The molecule has 1 aromatic rings. The van der Waals surface area contributed by atoms with Crippen LogP contribution < -0.4 is 5.32 Å². The molecule has 1 saturated carbocycles. The predicted molar refractivity (Wildman–Crippen MR) is 84.9 cm³/mol. The van der Waals surface area contributed by atoms with Gasteiger partial charge in [-0.15, -0.1) is 0 Å². The van der Waals surface area contributed by atoms with Crippen LogP contribution in [0.2, 0.25) is 0 Å². The lowest BCUT2D eigenvalue weighted by molar-refractivity contribution is 0.0767. The summed E-state index contributed by atoms with van der Waals surface area (Å²) in [4.78, 5) is 2.68. The SMILES string of the molecule is Cc1cccc(C)c1CN1CC(C)(C2CC2)NCC1C. The Kier molecular flexibility index (Phi) is 3.64. The van der Waals surface area contributed by atoms with E-state index >= 15 is 0 Å². The number of aryl methyl sites for hydroxylation is 2. The summed E-state index contributed by atoms with van der Waals surface area (Å²) in [5.74, 6) is 0.899. The molecular weight excluding hydrogens is 244 g/mol. The first kappa shape index (κ1) is 14.1. The topological polar surface area (TPSA) is 15.3 Å². The first-order chi connectivity index (χ1) is 9.49. The molecule has 2 nitrogen and oxygen atoms in total. The highest BCUT2D eigenvalue weighted by atomic mass is 15.3. The van der Waals surface area contributed by atoms with Crippen molar-refractivity contribution >= 4 is 0 Å². The molecule has 2 fully saturated rings. The minimum absolute atomic E-state index is 0.336. The summed E-state index contributed by atoms with van der Waals surface area (Å²) in [5, 5.41) is 3.81. The van der Waals surface area contributed by atoms with Crippen LogP contribution >= 0.6 is 0 Å². The van der Waals surface area contributed by atoms with Gasteiger partial charge in [0.25, 0.3) is 0 Å². The molecule has 2 unspecified atom stereocenters. The molecular formula is C18H28N2. The Labute approximate surface area is 123 Å². The third kappa shape index (κ3) is 2.64. The van der Waals surface area contributed by atoms with Crippen molar-refractivity contribution in [3.63, 3.8) is 0 Å². The quantitative estimate of drug-likeness (QED) is 0.908. The van der Waals surface area contributed by atoms with Gasteiger partial charge in [-0.1, -0.05) is 18.2 Å². The third-order valence-electron chi connectivity index (χ3n) is 5.44. The van der Waals surface area contributed by atoms with Crippen LogP contribution in [-0.2, 0) is 6.54 Å². The Hall–Kier alpha value is -0.860. The van der Waals surface area contributed by atoms with Gasteiger partial charge in [0.2, 0.25) is 0 Å². The monoisotopic (exact) mass is 272 g/mol. The van der Waals surface area contributed by atoms with E-state index in [1.165, 1.54) is 36.1 Å². The second-order valence-corrected chi connectivity index (χ2v) is 7.20. The number of benzene rings is 1. The minimum atomic E-state index is 0.336. The lowest BCUT2D eigenvalue weighted by Crippen LogP contribution is -2.62.